The summed E-state index contributed by atoms with van der Waals surface area (Å²) in [5, 5.41) is 3.17. The monoisotopic (exact) mass is 383 g/mol. The molecule has 8 nitrogen and oxygen atoms in total. The average molecular weight is 383 g/mol. The fraction of sp³-hybridized carbons (Fsp3) is 0.400. The Labute approximate surface area is 164 Å². The molecule has 1 aliphatic rings. The SMILES string of the molecule is CC(=O)N1CCN(C(=O)c2cnc(Nc3ccccc3OC(C)C)cn2)CC1. The molecular weight excluding hydrogens is 358 g/mol. The lowest BCUT2D eigenvalue weighted by Crippen LogP contribution is -2.50. The first-order chi connectivity index (χ1) is 13.4. The van der Waals surface area contributed by atoms with Gasteiger partial charge in [0.1, 0.15) is 17.3 Å². The summed E-state index contributed by atoms with van der Waals surface area (Å²) in [5.41, 5.74) is 1.07. The number of hydrogen-bond donors (Lipinski definition) is 1. The van der Waals surface area contributed by atoms with Crippen molar-refractivity contribution in [1.29, 1.82) is 0 Å². The Hall–Kier alpha value is -3.16. The van der Waals surface area contributed by atoms with Crippen molar-refractivity contribution in [2.24, 2.45) is 0 Å². The molecule has 8 heteroatoms. The normalized spacial score (nSPS) is 14.1. The molecule has 3 rings (SSSR count). The summed E-state index contributed by atoms with van der Waals surface area (Å²) >= 11 is 0. The number of hydrogen-bond acceptors (Lipinski definition) is 6. The van der Waals surface area contributed by atoms with Gasteiger partial charge in [-0.3, -0.25) is 9.59 Å². The topological polar surface area (TPSA) is 87.7 Å². The number of benzene rings is 1. The highest BCUT2D eigenvalue weighted by Crippen LogP contribution is 2.27. The van der Waals surface area contributed by atoms with Crippen LogP contribution in [0, 0.1) is 0 Å². The number of ether oxygens (including phenoxy) is 1. The molecule has 148 valence electrons. The molecule has 1 fully saturated rings. The van der Waals surface area contributed by atoms with E-state index in [2.05, 4.69) is 15.3 Å². The molecule has 1 saturated heterocycles. The molecule has 0 unspecified atom stereocenters. The summed E-state index contributed by atoms with van der Waals surface area (Å²) in [4.78, 5) is 36.0. The molecule has 0 atom stereocenters. The van der Waals surface area contributed by atoms with Gasteiger partial charge in [0, 0.05) is 33.1 Å². The lowest BCUT2D eigenvalue weighted by atomic mass is 10.2. The Kier molecular flexibility index (Phi) is 6.08. The van der Waals surface area contributed by atoms with Crippen molar-refractivity contribution in [3.05, 3.63) is 42.4 Å². The molecule has 0 bridgehead atoms. The van der Waals surface area contributed by atoms with E-state index in [1.807, 2.05) is 38.1 Å². The van der Waals surface area contributed by atoms with Crippen LogP contribution < -0.4 is 10.1 Å². The zero-order valence-corrected chi connectivity index (χ0v) is 16.4. The third kappa shape index (κ3) is 4.76. The second-order valence-corrected chi connectivity index (χ2v) is 6.87. The Morgan fingerprint density at radius 3 is 2.32 bits per heavy atom. The quantitative estimate of drug-likeness (QED) is 0.853. The van der Waals surface area contributed by atoms with E-state index in [9.17, 15) is 9.59 Å². The number of carbonyl (C=O) groups excluding carboxylic acids is 2. The van der Waals surface area contributed by atoms with Crippen LogP contribution in [-0.4, -0.2) is 63.9 Å². The van der Waals surface area contributed by atoms with Crippen molar-refractivity contribution in [3.63, 3.8) is 0 Å². The number of anilines is 2. The van der Waals surface area contributed by atoms with Crippen LogP contribution in [0.4, 0.5) is 11.5 Å². The van der Waals surface area contributed by atoms with Gasteiger partial charge in [0.15, 0.2) is 0 Å². The zero-order valence-electron chi connectivity index (χ0n) is 16.4. The van der Waals surface area contributed by atoms with E-state index in [4.69, 9.17) is 4.74 Å². The number of piperazine rings is 1. The minimum atomic E-state index is -0.175. The van der Waals surface area contributed by atoms with Crippen molar-refractivity contribution >= 4 is 23.3 Å². The van der Waals surface area contributed by atoms with E-state index in [1.165, 1.54) is 12.4 Å². The van der Waals surface area contributed by atoms with Crippen LogP contribution in [0.5, 0.6) is 5.75 Å². The molecule has 1 aromatic carbocycles. The maximum atomic E-state index is 12.6. The van der Waals surface area contributed by atoms with Gasteiger partial charge in [0.05, 0.1) is 24.2 Å². The van der Waals surface area contributed by atoms with Crippen LogP contribution in [-0.2, 0) is 4.79 Å². The van der Waals surface area contributed by atoms with E-state index in [0.717, 1.165) is 11.4 Å². The molecular formula is C20H25N5O3. The Balaban J connectivity index is 1.64. The van der Waals surface area contributed by atoms with Gasteiger partial charge in [-0.15, -0.1) is 0 Å². The van der Waals surface area contributed by atoms with E-state index in [1.54, 1.807) is 16.7 Å². The molecule has 1 N–H and O–H groups in total. The summed E-state index contributed by atoms with van der Waals surface area (Å²) in [6, 6.07) is 7.59. The molecule has 1 aromatic heterocycles. The maximum absolute atomic E-state index is 12.6. The van der Waals surface area contributed by atoms with Crippen LogP contribution in [0.15, 0.2) is 36.7 Å². The first kappa shape index (κ1) is 19.6. The van der Waals surface area contributed by atoms with E-state index in [-0.39, 0.29) is 23.6 Å². The molecule has 0 saturated carbocycles. The Morgan fingerprint density at radius 2 is 1.71 bits per heavy atom. The number of aromatic nitrogens is 2. The number of nitrogens with one attached hydrogen (secondary N) is 1. The van der Waals surface area contributed by atoms with E-state index in [0.29, 0.717) is 32.0 Å². The van der Waals surface area contributed by atoms with Crippen LogP contribution in [0.2, 0.25) is 0 Å². The molecule has 1 aliphatic heterocycles. The minimum absolute atomic E-state index is 0.0315. The van der Waals surface area contributed by atoms with Crippen LogP contribution in [0.1, 0.15) is 31.3 Å². The summed E-state index contributed by atoms with van der Waals surface area (Å²) in [6.07, 6.45) is 3.05. The van der Waals surface area contributed by atoms with Crippen LogP contribution in [0.25, 0.3) is 0 Å². The lowest BCUT2D eigenvalue weighted by Gasteiger charge is -2.33. The van der Waals surface area contributed by atoms with Crippen molar-refractivity contribution in [2.45, 2.75) is 26.9 Å². The summed E-state index contributed by atoms with van der Waals surface area (Å²) in [5.74, 6) is 1.11. The second-order valence-electron chi connectivity index (χ2n) is 6.87. The molecule has 0 radical (unpaired) electrons. The number of amides is 2. The van der Waals surface area contributed by atoms with Crippen molar-refractivity contribution in [3.8, 4) is 5.75 Å². The second kappa shape index (κ2) is 8.69. The summed E-state index contributed by atoms with van der Waals surface area (Å²) in [7, 11) is 0. The fourth-order valence-electron chi connectivity index (χ4n) is 2.95. The highest BCUT2D eigenvalue weighted by Gasteiger charge is 2.24. The first-order valence-corrected chi connectivity index (χ1v) is 9.33. The third-order valence-corrected chi connectivity index (χ3v) is 4.40. The van der Waals surface area contributed by atoms with Crippen molar-refractivity contribution in [1.82, 2.24) is 19.8 Å². The Morgan fingerprint density at radius 1 is 1.04 bits per heavy atom. The molecule has 28 heavy (non-hydrogen) atoms. The third-order valence-electron chi connectivity index (χ3n) is 4.40. The van der Waals surface area contributed by atoms with Gasteiger partial charge in [-0.1, -0.05) is 12.1 Å². The van der Waals surface area contributed by atoms with Crippen LogP contribution in [0.3, 0.4) is 0 Å². The van der Waals surface area contributed by atoms with Crippen molar-refractivity contribution in [2.75, 3.05) is 31.5 Å². The highest BCUT2D eigenvalue weighted by atomic mass is 16.5. The average Bonchev–Trinajstić information content (AvgIpc) is 2.69. The molecule has 2 amide bonds. The fourth-order valence-corrected chi connectivity index (χ4v) is 2.95. The van der Waals surface area contributed by atoms with Gasteiger partial charge < -0.3 is 19.9 Å². The zero-order chi connectivity index (χ0) is 20.1. The standard InChI is InChI=1S/C20H25N5O3/c1-14(2)28-18-7-5-4-6-16(18)23-19-13-21-17(12-22-19)20(27)25-10-8-24(9-11-25)15(3)26/h4-7,12-14H,8-11H2,1-3H3,(H,22,23). The largest absolute Gasteiger partial charge is 0.489 e. The molecule has 2 heterocycles. The Bertz CT molecular complexity index is 830. The van der Waals surface area contributed by atoms with Gasteiger partial charge in [-0.2, -0.15) is 0 Å². The van der Waals surface area contributed by atoms with E-state index >= 15 is 0 Å². The maximum Gasteiger partial charge on any atom is 0.274 e. The van der Waals surface area contributed by atoms with Gasteiger partial charge >= 0.3 is 0 Å². The van der Waals surface area contributed by atoms with Gasteiger partial charge in [0.25, 0.3) is 5.91 Å². The van der Waals surface area contributed by atoms with E-state index < -0.39 is 0 Å². The number of carbonyl (C=O) groups is 2. The van der Waals surface area contributed by atoms with Gasteiger partial charge in [0.2, 0.25) is 5.91 Å². The molecule has 0 spiro atoms. The number of rotatable bonds is 5. The van der Waals surface area contributed by atoms with Crippen LogP contribution >= 0.6 is 0 Å². The smallest absolute Gasteiger partial charge is 0.274 e. The highest BCUT2D eigenvalue weighted by molar-refractivity contribution is 5.92. The van der Waals surface area contributed by atoms with Crippen molar-refractivity contribution < 1.29 is 14.3 Å². The lowest BCUT2D eigenvalue weighted by molar-refractivity contribution is -0.130. The predicted octanol–water partition coefficient (Wildman–Crippen LogP) is 2.31. The number of nitrogens with zero attached hydrogens (tertiary/aromatic N) is 4. The summed E-state index contributed by atoms with van der Waals surface area (Å²) in [6.45, 7) is 7.56. The van der Waals surface area contributed by atoms with Gasteiger partial charge in [-0.25, -0.2) is 9.97 Å². The number of para-hydroxylation sites is 2. The first-order valence-electron chi connectivity index (χ1n) is 9.33. The van der Waals surface area contributed by atoms with Gasteiger partial charge in [-0.05, 0) is 26.0 Å². The molecule has 0 aliphatic carbocycles. The molecule has 2 aromatic rings. The predicted molar refractivity (Wildman–Crippen MR) is 106 cm³/mol. The summed E-state index contributed by atoms with van der Waals surface area (Å²) < 4.78 is 5.78. The minimum Gasteiger partial charge on any atom is -0.489 e.